The van der Waals surface area contributed by atoms with Crippen LogP contribution in [0.3, 0.4) is 0 Å². The Morgan fingerprint density at radius 2 is 1.85 bits per heavy atom. The van der Waals surface area contributed by atoms with Crippen molar-refractivity contribution in [2.45, 2.75) is 25.0 Å². The highest BCUT2D eigenvalue weighted by Gasteiger charge is 2.49. The van der Waals surface area contributed by atoms with Crippen LogP contribution in [0.15, 0.2) is 24.3 Å². The van der Waals surface area contributed by atoms with Gasteiger partial charge in [0, 0.05) is 6.26 Å². The zero-order valence-electron chi connectivity index (χ0n) is 12.3. The molecular formula is C15H22O4S. The van der Waals surface area contributed by atoms with Gasteiger partial charge in [0.15, 0.2) is 9.84 Å². The van der Waals surface area contributed by atoms with Crippen LogP contribution in [-0.4, -0.2) is 34.5 Å². The van der Waals surface area contributed by atoms with E-state index in [1.165, 1.54) is 6.26 Å². The van der Waals surface area contributed by atoms with Crippen LogP contribution in [0.4, 0.5) is 0 Å². The summed E-state index contributed by atoms with van der Waals surface area (Å²) >= 11 is 0. The minimum absolute atomic E-state index is 0.236. The lowest BCUT2D eigenvalue weighted by Crippen LogP contribution is -2.52. The Morgan fingerprint density at radius 3 is 2.25 bits per heavy atom. The minimum Gasteiger partial charge on any atom is -0.494 e. The summed E-state index contributed by atoms with van der Waals surface area (Å²) in [7, 11) is -3.19. The molecule has 1 heterocycles. The van der Waals surface area contributed by atoms with E-state index in [4.69, 9.17) is 9.47 Å². The third kappa shape index (κ3) is 2.99. The largest absolute Gasteiger partial charge is 0.494 e. The summed E-state index contributed by atoms with van der Waals surface area (Å²) in [5.74, 6) is 1.38. The molecule has 0 radical (unpaired) electrons. The first-order chi connectivity index (χ1) is 9.35. The monoisotopic (exact) mass is 298 g/mol. The van der Waals surface area contributed by atoms with Crippen LogP contribution < -0.4 is 4.74 Å². The molecule has 1 aliphatic heterocycles. The molecule has 0 saturated carbocycles. The van der Waals surface area contributed by atoms with E-state index in [9.17, 15) is 8.42 Å². The Hall–Kier alpha value is -1.07. The van der Waals surface area contributed by atoms with Gasteiger partial charge >= 0.3 is 0 Å². The zero-order chi connectivity index (χ0) is 14.8. The second kappa shape index (κ2) is 5.74. The number of sulfone groups is 1. The molecule has 0 bridgehead atoms. The average Bonchev–Trinajstić information content (AvgIpc) is 2.27. The molecule has 2 rings (SSSR count). The number of rotatable bonds is 6. The summed E-state index contributed by atoms with van der Waals surface area (Å²) in [5, 5.41) is 0. The van der Waals surface area contributed by atoms with E-state index in [2.05, 4.69) is 13.8 Å². The highest BCUT2D eigenvalue weighted by atomic mass is 32.2. The molecule has 4 nitrogen and oxygen atoms in total. The SMILES string of the molecule is CC(C)CCOc1ccc(C2(S(C)(=O)=O)COC2)cc1. The van der Waals surface area contributed by atoms with Crippen molar-refractivity contribution in [1.82, 2.24) is 0 Å². The van der Waals surface area contributed by atoms with Crippen LogP contribution in [0.5, 0.6) is 5.75 Å². The maximum Gasteiger partial charge on any atom is 0.161 e. The fourth-order valence-corrected chi connectivity index (χ4v) is 3.31. The van der Waals surface area contributed by atoms with Crippen LogP contribution >= 0.6 is 0 Å². The summed E-state index contributed by atoms with van der Waals surface area (Å²) in [6.07, 6.45) is 2.27. The summed E-state index contributed by atoms with van der Waals surface area (Å²) in [6.45, 7) is 5.45. The topological polar surface area (TPSA) is 52.6 Å². The predicted octanol–water partition coefficient (Wildman–Crippen LogP) is 2.38. The summed E-state index contributed by atoms with van der Waals surface area (Å²) in [5.41, 5.74) is 0.780. The van der Waals surface area contributed by atoms with Crippen LogP contribution in [0.2, 0.25) is 0 Å². The fourth-order valence-electron chi connectivity index (χ4n) is 2.15. The molecule has 0 aliphatic carbocycles. The second-order valence-electron chi connectivity index (χ2n) is 5.81. The van der Waals surface area contributed by atoms with Crippen molar-refractivity contribution in [1.29, 1.82) is 0 Å². The Balaban J connectivity index is 2.08. The summed E-state index contributed by atoms with van der Waals surface area (Å²) in [4.78, 5) is 0. The lowest BCUT2D eigenvalue weighted by atomic mass is 9.96. The van der Waals surface area contributed by atoms with Gasteiger partial charge in [-0.15, -0.1) is 0 Å². The van der Waals surface area contributed by atoms with Crippen molar-refractivity contribution in [3.05, 3.63) is 29.8 Å². The second-order valence-corrected chi connectivity index (χ2v) is 8.14. The quantitative estimate of drug-likeness (QED) is 0.809. The smallest absolute Gasteiger partial charge is 0.161 e. The summed E-state index contributed by atoms with van der Waals surface area (Å²) < 4.78 is 33.8. The van der Waals surface area contributed by atoms with Gasteiger partial charge in [0.05, 0.1) is 19.8 Å². The van der Waals surface area contributed by atoms with E-state index in [0.29, 0.717) is 12.5 Å². The van der Waals surface area contributed by atoms with Gasteiger partial charge in [-0.2, -0.15) is 0 Å². The van der Waals surface area contributed by atoms with Crippen molar-refractivity contribution in [3.8, 4) is 5.75 Å². The maximum atomic E-state index is 12.0. The van der Waals surface area contributed by atoms with Gasteiger partial charge in [-0.1, -0.05) is 26.0 Å². The van der Waals surface area contributed by atoms with Crippen molar-refractivity contribution in [3.63, 3.8) is 0 Å². The Bertz CT molecular complexity index is 542. The number of benzene rings is 1. The minimum atomic E-state index is -3.19. The normalized spacial score (nSPS) is 17.8. The third-order valence-electron chi connectivity index (χ3n) is 3.72. The van der Waals surface area contributed by atoms with Crippen LogP contribution in [0.25, 0.3) is 0 Å². The van der Waals surface area contributed by atoms with E-state index in [1.807, 2.05) is 24.3 Å². The fraction of sp³-hybridized carbons (Fsp3) is 0.600. The van der Waals surface area contributed by atoms with Gasteiger partial charge in [0.25, 0.3) is 0 Å². The lowest BCUT2D eigenvalue weighted by molar-refractivity contribution is -0.0156. The van der Waals surface area contributed by atoms with Crippen LogP contribution in [0.1, 0.15) is 25.8 Å². The molecule has 112 valence electrons. The number of hydrogen-bond acceptors (Lipinski definition) is 4. The number of hydrogen-bond donors (Lipinski definition) is 0. The first kappa shape index (κ1) is 15.3. The molecule has 1 aromatic carbocycles. The van der Waals surface area contributed by atoms with E-state index >= 15 is 0 Å². The van der Waals surface area contributed by atoms with Crippen LogP contribution in [-0.2, 0) is 19.3 Å². The van der Waals surface area contributed by atoms with Gasteiger partial charge in [-0.25, -0.2) is 8.42 Å². The van der Waals surface area contributed by atoms with Gasteiger partial charge in [0.2, 0.25) is 0 Å². The molecule has 1 saturated heterocycles. The third-order valence-corrected chi connectivity index (χ3v) is 5.62. The van der Waals surface area contributed by atoms with Crippen molar-refractivity contribution < 1.29 is 17.9 Å². The molecular weight excluding hydrogens is 276 g/mol. The van der Waals surface area contributed by atoms with Crippen molar-refractivity contribution >= 4 is 9.84 Å². The molecule has 0 spiro atoms. The Labute approximate surface area is 121 Å². The molecule has 0 aromatic heterocycles. The first-order valence-corrected chi connectivity index (χ1v) is 8.75. The average molecular weight is 298 g/mol. The van der Waals surface area contributed by atoms with Crippen molar-refractivity contribution in [2.75, 3.05) is 26.1 Å². The standard InChI is InChI=1S/C15H22O4S/c1-12(2)8-9-19-14-6-4-13(5-7-14)15(10-18-11-15)20(3,16)17/h4-7,12H,8-11H2,1-3H3. The molecule has 1 aromatic rings. The van der Waals surface area contributed by atoms with Crippen molar-refractivity contribution in [2.24, 2.45) is 5.92 Å². The van der Waals surface area contributed by atoms with Gasteiger partial charge in [-0.3, -0.25) is 0 Å². The molecule has 0 unspecified atom stereocenters. The molecule has 1 fully saturated rings. The number of ether oxygens (including phenoxy) is 2. The lowest BCUT2D eigenvalue weighted by Gasteiger charge is -2.39. The van der Waals surface area contributed by atoms with E-state index in [-0.39, 0.29) is 13.2 Å². The first-order valence-electron chi connectivity index (χ1n) is 6.86. The predicted molar refractivity (Wildman–Crippen MR) is 78.7 cm³/mol. The molecule has 5 heteroatoms. The Kier molecular flexibility index (Phi) is 4.39. The molecule has 0 N–H and O–H groups in total. The molecule has 1 aliphatic rings. The van der Waals surface area contributed by atoms with E-state index in [1.54, 1.807) is 0 Å². The van der Waals surface area contributed by atoms with Gasteiger partial charge in [-0.05, 0) is 30.0 Å². The maximum absolute atomic E-state index is 12.0. The molecule has 20 heavy (non-hydrogen) atoms. The molecule has 0 amide bonds. The summed E-state index contributed by atoms with van der Waals surface area (Å²) in [6, 6.07) is 7.32. The van der Waals surface area contributed by atoms with Crippen LogP contribution in [0, 0.1) is 5.92 Å². The highest BCUT2D eigenvalue weighted by molar-refractivity contribution is 7.91. The molecule has 0 atom stereocenters. The zero-order valence-corrected chi connectivity index (χ0v) is 13.1. The van der Waals surface area contributed by atoms with E-state index < -0.39 is 14.6 Å². The van der Waals surface area contributed by atoms with Gasteiger partial charge in [0.1, 0.15) is 10.5 Å². The van der Waals surface area contributed by atoms with Gasteiger partial charge < -0.3 is 9.47 Å². The Morgan fingerprint density at radius 1 is 1.25 bits per heavy atom. The van der Waals surface area contributed by atoms with E-state index in [0.717, 1.165) is 17.7 Å². The highest BCUT2D eigenvalue weighted by Crippen LogP contribution is 2.37.